The van der Waals surface area contributed by atoms with E-state index in [1.807, 2.05) is 0 Å². The van der Waals surface area contributed by atoms with Crippen molar-refractivity contribution in [3.63, 3.8) is 0 Å². The molecule has 1 amide bonds. The smallest absolute Gasteiger partial charge is 0.244 e. The van der Waals surface area contributed by atoms with Gasteiger partial charge in [0.1, 0.15) is 4.90 Å². The Balaban J connectivity index is 3.14. The maximum Gasteiger partial charge on any atom is 0.244 e. The summed E-state index contributed by atoms with van der Waals surface area (Å²) in [4.78, 5) is 12.1. The molecule has 0 radical (unpaired) electrons. The minimum absolute atomic E-state index is 0.0396. The molecule has 3 N–H and O–H groups in total. The third-order valence-electron chi connectivity index (χ3n) is 2.89. The van der Waals surface area contributed by atoms with E-state index in [4.69, 9.17) is 0 Å². The first-order valence-electron chi connectivity index (χ1n) is 5.77. The monoisotopic (exact) mass is 285 g/mol. The van der Waals surface area contributed by atoms with Crippen LogP contribution >= 0.6 is 0 Å². The van der Waals surface area contributed by atoms with E-state index in [1.165, 1.54) is 13.1 Å². The molecule has 1 rings (SSSR count). The van der Waals surface area contributed by atoms with Crippen molar-refractivity contribution < 1.29 is 13.2 Å². The van der Waals surface area contributed by atoms with Crippen LogP contribution in [0.25, 0.3) is 0 Å². The van der Waals surface area contributed by atoms with Gasteiger partial charge in [0, 0.05) is 0 Å². The van der Waals surface area contributed by atoms with Gasteiger partial charge in [-0.1, -0.05) is 12.1 Å². The van der Waals surface area contributed by atoms with E-state index < -0.39 is 15.6 Å². The van der Waals surface area contributed by atoms with E-state index in [0.717, 1.165) is 0 Å². The normalized spacial score (nSPS) is 12.2. The molecule has 1 aromatic carbocycles. The Bertz CT molecular complexity index is 567. The third kappa shape index (κ3) is 3.52. The summed E-state index contributed by atoms with van der Waals surface area (Å²) >= 11 is 0. The maximum absolute atomic E-state index is 12.0. The highest BCUT2D eigenvalue weighted by Gasteiger charge is 2.27. The number of sulfonamides is 1. The van der Waals surface area contributed by atoms with Gasteiger partial charge in [-0.25, -0.2) is 13.1 Å². The van der Waals surface area contributed by atoms with Gasteiger partial charge in [0.25, 0.3) is 0 Å². The molecule has 0 aliphatic carbocycles. The molecule has 0 saturated carbocycles. The predicted octanol–water partition coefficient (Wildman–Crippen LogP) is 0.531. The molecular formula is C12H19N3O3S. The molecule has 0 aliphatic heterocycles. The number of nitrogens with one attached hydrogen (secondary N) is 3. The lowest BCUT2D eigenvalue weighted by atomic mass is 10.1. The first-order valence-corrected chi connectivity index (χ1v) is 7.26. The van der Waals surface area contributed by atoms with Gasteiger partial charge in [-0.05, 0) is 40.1 Å². The summed E-state index contributed by atoms with van der Waals surface area (Å²) in [6.07, 6.45) is 0. The van der Waals surface area contributed by atoms with E-state index in [1.54, 1.807) is 39.1 Å². The van der Waals surface area contributed by atoms with Crippen molar-refractivity contribution in [3.8, 4) is 0 Å². The van der Waals surface area contributed by atoms with Crippen LogP contribution in [0.2, 0.25) is 0 Å². The minimum Gasteiger partial charge on any atom is -0.323 e. The topological polar surface area (TPSA) is 87.3 Å². The Labute approximate surface area is 113 Å². The van der Waals surface area contributed by atoms with Gasteiger partial charge in [0.15, 0.2) is 0 Å². The Kier molecular flexibility index (Phi) is 4.67. The van der Waals surface area contributed by atoms with E-state index in [9.17, 15) is 13.2 Å². The summed E-state index contributed by atoms with van der Waals surface area (Å²) < 4.78 is 25.9. The number of para-hydroxylation sites is 1. The fourth-order valence-corrected chi connectivity index (χ4v) is 2.19. The number of hydrogen-bond donors (Lipinski definition) is 3. The number of rotatable bonds is 5. The van der Waals surface area contributed by atoms with Crippen LogP contribution in [-0.2, 0) is 14.8 Å². The number of amides is 1. The number of likely N-dealkylation sites (N-methyl/N-ethyl adjacent to an activating group) is 1. The van der Waals surface area contributed by atoms with Crippen LogP contribution in [0, 0.1) is 0 Å². The van der Waals surface area contributed by atoms with Crippen LogP contribution in [-0.4, -0.2) is 34.0 Å². The Morgan fingerprint density at radius 1 is 1.16 bits per heavy atom. The average Bonchev–Trinajstić information content (AvgIpc) is 2.39. The molecule has 0 aromatic heterocycles. The quantitative estimate of drug-likeness (QED) is 0.736. The molecule has 0 atom stereocenters. The van der Waals surface area contributed by atoms with E-state index in [0.29, 0.717) is 0 Å². The van der Waals surface area contributed by atoms with Gasteiger partial charge >= 0.3 is 0 Å². The molecule has 0 fully saturated rings. The maximum atomic E-state index is 12.0. The molecule has 0 aliphatic rings. The number of anilines is 1. The molecule has 0 bridgehead atoms. The van der Waals surface area contributed by atoms with Gasteiger partial charge in [-0.15, -0.1) is 0 Å². The second-order valence-corrected chi connectivity index (χ2v) is 6.39. The zero-order valence-electron chi connectivity index (χ0n) is 11.4. The van der Waals surface area contributed by atoms with Crippen molar-refractivity contribution in [1.29, 1.82) is 0 Å². The molecule has 0 heterocycles. The molecule has 0 spiro atoms. The minimum atomic E-state index is -3.61. The molecule has 106 valence electrons. The highest BCUT2D eigenvalue weighted by molar-refractivity contribution is 7.89. The lowest BCUT2D eigenvalue weighted by Crippen LogP contribution is -2.48. The Morgan fingerprint density at radius 2 is 1.74 bits per heavy atom. The van der Waals surface area contributed by atoms with E-state index in [-0.39, 0.29) is 16.5 Å². The SMILES string of the molecule is CNC(C)(C)C(=O)Nc1ccccc1S(=O)(=O)NC. The summed E-state index contributed by atoms with van der Waals surface area (Å²) in [7, 11) is -0.624. The molecule has 0 saturated heterocycles. The van der Waals surface area contributed by atoms with Crippen molar-refractivity contribution in [2.45, 2.75) is 24.3 Å². The Hall–Kier alpha value is -1.44. The van der Waals surface area contributed by atoms with Gasteiger partial charge in [-0.3, -0.25) is 4.79 Å². The standard InChI is InChI=1S/C12H19N3O3S/c1-12(2,13-3)11(16)15-9-7-5-6-8-10(9)19(17,18)14-4/h5-8,13-14H,1-4H3,(H,15,16). The van der Waals surface area contributed by atoms with Crippen molar-refractivity contribution in [2.24, 2.45) is 0 Å². The summed E-state index contributed by atoms with van der Waals surface area (Å²) in [6, 6.07) is 6.25. The number of carbonyl (C=O) groups is 1. The van der Waals surface area contributed by atoms with Gasteiger partial charge in [0.2, 0.25) is 15.9 Å². The summed E-state index contributed by atoms with van der Waals surface area (Å²) in [5.41, 5.74) is -0.540. The van der Waals surface area contributed by atoms with Gasteiger partial charge < -0.3 is 10.6 Å². The molecule has 7 heteroatoms. The van der Waals surface area contributed by atoms with Crippen LogP contribution in [0.5, 0.6) is 0 Å². The van der Waals surface area contributed by atoms with Crippen molar-refractivity contribution in [3.05, 3.63) is 24.3 Å². The highest BCUT2D eigenvalue weighted by Crippen LogP contribution is 2.21. The first-order chi connectivity index (χ1) is 8.74. The number of benzene rings is 1. The van der Waals surface area contributed by atoms with Gasteiger partial charge in [0.05, 0.1) is 11.2 Å². The van der Waals surface area contributed by atoms with E-state index in [2.05, 4.69) is 15.4 Å². The highest BCUT2D eigenvalue weighted by atomic mass is 32.2. The second-order valence-electron chi connectivity index (χ2n) is 4.53. The van der Waals surface area contributed by atoms with Crippen molar-refractivity contribution in [2.75, 3.05) is 19.4 Å². The Morgan fingerprint density at radius 3 is 2.26 bits per heavy atom. The zero-order chi connectivity index (χ0) is 14.7. The number of hydrogen-bond acceptors (Lipinski definition) is 4. The molecular weight excluding hydrogens is 266 g/mol. The van der Waals surface area contributed by atoms with Crippen LogP contribution in [0.4, 0.5) is 5.69 Å². The van der Waals surface area contributed by atoms with Gasteiger partial charge in [-0.2, -0.15) is 0 Å². The second kappa shape index (κ2) is 5.68. The summed E-state index contributed by atoms with van der Waals surface area (Å²) in [5, 5.41) is 5.48. The molecule has 1 aromatic rings. The third-order valence-corrected chi connectivity index (χ3v) is 4.36. The fourth-order valence-electron chi connectivity index (χ4n) is 1.31. The molecule has 6 nitrogen and oxygen atoms in total. The first kappa shape index (κ1) is 15.6. The lowest BCUT2D eigenvalue weighted by Gasteiger charge is -2.23. The zero-order valence-corrected chi connectivity index (χ0v) is 12.3. The summed E-state index contributed by atoms with van der Waals surface area (Å²) in [6.45, 7) is 3.41. The molecule has 0 unspecified atom stereocenters. The van der Waals surface area contributed by atoms with Crippen LogP contribution in [0.15, 0.2) is 29.2 Å². The van der Waals surface area contributed by atoms with Crippen LogP contribution < -0.4 is 15.4 Å². The van der Waals surface area contributed by atoms with Crippen molar-refractivity contribution in [1.82, 2.24) is 10.0 Å². The largest absolute Gasteiger partial charge is 0.323 e. The van der Waals surface area contributed by atoms with Crippen molar-refractivity contribution >= 4 is 21.6 Å². The predicted molar refractivity (Wildman–Crippen MR) is 74.5 cm³/mol. The van der Waals surface area contributed by atoms with Crippen LogP contribution in [0.1, 0.15) is 13.8 Å². The lowest BCUT2D eigenvalue weighted by molar-refractivity contribution is -0.121. The van der Waals surface area contributed by atoms with E-state index >= 15 is 0 Å². The average molecular weight is 285 g/mol. The summed E-state index contributed by atoms with van der Waals surface area (Å²) in [5.74, 6) is -0.311. The number of carbonyl (C=O) groups excluding carboxylic acids is 1. The fraction of sp³-hybridized carbons (Fsp3) is 0.417. The molecule has 19 heavy (non-hydrogen) atoms. The van der Waals surface area contributed by atoms with Crippen LogP contribution in [0.3, 0.4) is 0 Å².